The number of likely N-dealkylation sites (N-methyl/N-ethyl adjacent to an activating group) is 1. The Balaban J connectivity index is 1.99. The first kappa shape index (κ1) is 19.8. The van der Waals surface area contributed by atoms with Gasteiger partial charge in [-0.15, -0.1) is 0 Å². The quantitative estimate of drug-likeness (QED) is 0.718. The molecule has 1 aromatic carbocycles. The van der Waals surface area contributed by atoms with Gasteiger partial charge in [-0.1, -0.05) is 33.6 Å². The molecule has 1 saturated heterocycles. The summed E-state index contributed by atoms with van der Waals surface area (Å²) in [4.78, 5) is 19.7. The number of nitrogens with zero attached hydrogens (tertiary/aromatic N) is 3. The highest BCUT2D eigenvalue weighted by Crippen LogP contribution is 2.19. The lowest BCUT2D eigenvalue weighted by atomic mass is 10.0. The molecule has 0 spiro atoms. The van der Waals surface area contributed by atoms with Crippen molar-refractivity contribution in [2.24, 2.45) is 5.92 Å². The summed E-state index contributed by atoms with van der Waals surface area (Å²) in [6.45, 7) is 15.8. The van der Waals surface area contributed by atoms with Gasteiger partial charge in [0.25, 0.3) is 5.91 Å². The summed E-state index contributed by atoms with van der Waals surface area (Å²) in [6.07, 6.45) is 2.26. The highest BCUT2D eigenvalue weighted by atomic mass is 16.2. The zero-order valence-electron chi connectivity index (χ0n) is 16.5. The molecule has 0 atom stereocenters. The summed E-state index contributed by atoms with van der Waals surface area (Å²) >= 11 is 0. The van der Waals surface area contributed by atoms with Crippen molar-refractivity contribution >= 4 is 11.6 Å². The molecular weight excluding hydrogens is 310 g/mol. The molecule has 0 bridgehead atoms. The van der Waals surface area contributed by atoms with Crippen LogP contribution in [0.5, 0.6) is 0 Å². The van der Waals surface area contributed by atoms with Gasteiger partial charge in [0.1, 0.15) is 0 Å². The summed E-state index contributed by atoms with van der Waals surface area (Å²) in [5.41, 5.74) is 2.04. The second-order valence-corrected chi connectivity index (χ2v) is 6.99. The summed E-state index contributed by atoms with van der Waals surface area (Å²) < 4.78 is 0. The fourth-order valence-electron chi connectivity index (χ4n) is 3.53. The Kier molecular flexibility index (Phi) is 7.76. The van der Waals surface area contributed by atoms with Crippen LogP contribution in [0, 0.1) is 5.92 Å². The molecule has 140 valence electrons. The summed E-state index contributed by atoms with van der Waals surface area (Å²) in [7, 11) is 0. The molecule has 25 heavy (non-hydrogen) atoms. The average molecular weight is 346 g/mol. The lowest BCUT2D eigenvalue weighted by Crippen LogP contribution is -2.46. The fourth-order valence-corrected chi connectivity index (χ4v) is 3.53. The largest absolute Gasteiger partial charge is 0.369 e. The maximum absolute atomic E-state index is 12.8. The highest BCUT2D eigenvalue weighted by molar-refractivity contribution is 5.94. The molecule has 1 heterocycles. The van der Waals surface area contributed by atoms with E-state index in [1.54, 1.807) is 0 Å². The monoisotopic (exact) mass is 345 g/mol. The standard InChI is InChI=1S/C21H35N3O/c1-5-18(6-2)17-23(8-4)21(25)19-9-11-20(12-10-19)24-15-13-22(7-3)14-16-24/h9-12,18H,5-8,13-17H2,1-4H3. The number of piperazine rings is 1. The first-order valence-corrected chi connectivity index (χ1v) is 9.99. The van der Waals surface area contributed by atoms with Gasteiger partial charge in [-0.25, -0.2) is 0 Å². The molecule has 4 nitrogen and oxygen atoms in total. The van der Waals surface area contributed by atoms with E-state index in [1.807, 2.05) is 17.0 Å². The van der Waals surface area contributed by atoms with Crippen LogP contribution in [0.4, 0.5) is 5.69 Å². The maximum atomic E-state index is 12.8. The molecule has 0 aliphatic carbocycles. The minimum absolute atomic E-state index is 0.164. The minimum atomic E-state index is 0.164. The predicted octanol–water partition coefficient (Wildman–Crippen LogP) is 3.73. The van der Waals surface area contributed by atoms with E-state index in [0.29, 0.717) is 5.92 Å². The van der Waals surface area contributed by atoms with E-state index in [9.17, 15) is 4.79 Å². The van der Waals surface area contributed by atoms with E-state index in [4.69, 9.17) is 0 Å². The van der Waals surface area contributed by atoms with Gasteiger partial charge in [0, 0.05) is 50.5 Å². The van der Waals surface area contributed by atoms with E-state index in [-0.39, 0.29) is 5.91 Å². The van der Waals surface area contributed by atoms with Crippen molar-refractivity contribution in [3.05, 3.63) is 29.8 Å². The van der Waals surface area contributed by atoms with Gasteiger partial charge < -0.3 is 14.7 Å². The van der Waals surface area contributed by atoms with Crippen LogP contribution in [-0.2, 0) is 0 Å². The number of hydrogen-bond donors (Lipinski definition) is 0. The van der Waals surface area contributed by atoms with Crippen LogP contribution < -0.4 is 4.90 Å². The summed E-state index contributed by atoms with van der Waals surface area (Å²) in [6, 6.07) is 8.22. The van der Waals surface area contributed by atoms with Gasteiger partial charge in [0.05, 0.1) is 0 Å². The number of anilines is 1. The van der Waals surface area contributed by atoms with Crippen molar-refractivity contribution in [3.63, 3.8) is 0 Å². The molecule has 1 amide bonds. The van der Waals surface area contributed by atoms with Crippen molar-refractivity contribution < 1.29 is 4.79 Å². The second kappa shape index (κ2) is 9.81. The highest BCUT2D eigenvalue weighted by Gasteiger charge is 2.19. The molecule has 0 radical (unpaired) electrons. The summed E-state index contributed by atoms with van der Waals surface area (Å²) in [5.74, 6) is 0.759. The van der Waals surface area contributed by atoms with E-state index >= 15 is 0 Å². The third kappa shape index (κ3) is 5.21. The van der Waals surface area contributed by atoms with Gasteiger partial charge in [-0.05, 0) is 43.7 Å². The van der Waals surface area contributed by atoms with Crippen molar-refractivity contribution in [3.8, 4) is 0 Å². The number of carbonyl (C=O) groups is 1. The van der Waals surface area contributed by atoms with E-state index < -0.39 is 0 Å². The third-order valence-electron chi connectivity index (χ3n) is 5.60. The van der Waals surface area contributed by atoms with E-state index in [2.05, 4.69) is 49.6 Å². The number of hydrogen-bond acceptors (Lipinski definition) is 3. The Morgan fingerprint density at radius 1 is 1.00 bits per heavy atom. The van der Waals surface area contributed by atoms with Crippen LogP contribution in [-0.4, -0.2) is 61.5 Å². The van der Waals surface area contributed by atoms with Crippen LogP contribution in [0.1, 0.15) is 50.9 Å². The van der Waals surface area contributed by atoms with Crippen LogP contribution in [0.25, 0.3) is 0 Å². The van der Waals surface area contributed by atoms with Crippen LogP contribution in [0.15, 0.2) is 24.3 Å². The molecule has 1 aliphatic rings. The first-order chi connectivity index (χ1) is 12.1. The Hall–Kier alpha value is -1.55. The van der Waals surface area contributed by atoms with Gasteiger partial charge >= 0.3 is 0 Å². The zero-order chi connectivity index (χ0) is 18.2. The lowest BCUT2D eigenvalue weighted by molar-refractivity contribution is 0.0735. The van der Waals surface area contributed by atoms with Crippen molar-refractivity contribution in [1.82, 2.24) is 9.80 Å². The number of amides is 1. The molecule has 0 unspecified atom stereocenters. The topological polar surface area (TPSA) is 26.8 Å². The SMILES string of the molecule is CCC(CC)CN(CC)C(=O)c1ccc(N2CCN(CC)CC2)cc1. The number of benzene rings is 1. The normalized spacial score (nSPS) is 15.6. The molecule has 1 aromatic rings. The van der Waals surface area contributed by atoms with Crippen molar-refractivity contribution in [2.45, 2.75) is 40.5 Å². The first-order valence-electron chi connectivity index (χ1n) is 9.99. The minimum Gasteiger partial charge on any atom is -0.369 e. The molecule has 0 saturated carbocycles. The van der Waals surface area contributed by atoms with Crippen molar-refractivity contribution in [2.75, 3.05) is 50.7 Å². The van der Waals surface area contributed by atoms with Gasteiger partial charge in [-0.3, -0.25) is 4.79 Å². The van der Waals surface area contributed by atoms with E-state index in [1.165, 1.54) is 5.69 Å². The van der Waals surface area contributed by atoms with Crippen LogP contribution >= 0.6 is 0 Å². The van der Waals surface area contributed by atoms with Gasteiger partial charge in [0.2, 0.25) is 0 Å². The molecule has 1 aliphatic heterocycles. The molecule has 4 heteroatoms. The Labute approximate surface area is 153 Å². The molecule has 0 N–H and O–H groups in total. The molecule has 1 fully saturated rings. The van der Waals surface area contributed by atoms with Crippen molar-refractivity contribution in [1.29, 1.82) is 0 Å². The predicted molar refractivity (Wildman–Crippen MR) is 106 cm³/mol. The van der Waals surface area contributed by atoms with Gasteiger partial charge in [0.15, 0.2) is 0 Å². The van der Waals surface area contributed by atoms with E-state index in [0.717, 1.165) is 64.2 Å². The lowest BCUT2D eigenvalue weighted by Gasteiger charge is -2.35. The number of carbonyl (C=O) groups excluding carboxylic acids is 1. The third-order valence-corrected chi connectivity index (χ3v) is 5.60. The van der Waals surface area contributed by atoms with Gasteiger partial charge in [-0.2, -0.15) is 0 Å². The van der Waals surface area contributed by atoms with Crippen LogP contribution in [0.3, 0.4) is 0 Å². The Morgan fingerprint density at radius 2 is 1.60 bits per heavy atom. The molecular formula is C21H35N3O. The average Bonchev–Trinajstić information content (AvgIpc) is 2.69. The van der Waals surface area contributed by atoms with Crippen LogP contribution in [0.2, 0.25) is 0 Å². The maximum Gasteiger partial charge on any atom is 0.253 e. The number of rotatable bonds is 8. The zero-order valence-corrected chi connectivity index (χ0v) is 16.5. The Morgan fingerprint density at radius 3 is 2.08 bits per heavy atom. The second-order valence-electron chi connectivity index (χ2n) is 6.99. The molecule has 0 aromatic heterocycles. The fraction of sp³-hybridized carbons (Fsp3) is 0.667. The smallest absolute Gasteiger partial charge is 0.253 e. The summed E-state index contributed by atoms with van der Waals surface area (Å²) in [5, 5.41) is 0. The Bertz CT molecular complexity index is 516. The molecule has 2 rings (SSSR count).